The van der Waals surface area contributed by atoms with Crippen LogP contribution in [0.25, 0.3) is 33.9 Å². The molecule has 1 aliphatic heterocycles. The van der Waals surface area contributed by atoms with E-state index in [1.165, 1.54) is 0 Å². The van der Waals surface area contributed by atoms with Crippen LogP contribution in [0.4, 0.5) is 0 Å². The summed E-state index contributed by atoms with van der Waals surface area (Å²) >= 11 is 6.39. The number of hydrogen-bond donors (Lipinski definition) is 1. The SMILES string of the molecule is C=C(c1cn(CCC)nn1)N1CCN(C)CC1.C=Cc1ccc2c(Cl)cc(-c3cccc(CN)c3)nc2c1. The molecule has 0 bridgehead atoms. The summed E-state index contributed by atoms with van der Waals surface area (Å²) in [6.07, 6.45) is 4.87. The second-order valence-electron chi connectivity index (χ2n) is 9.48. The molecule has 0 atom stereocenters. The molecule has 1 saturated heterocycles. The zero-order valence-corrected chi connectivity index (χ0v) is 23.0. The summed E-state index contributed by atoms with van der Waals surface area (Å²) in [6.45, 7) is 15.7. The van der Waals surface area contributed by atoms with Crippen molar-refractivity contribution in [2.24, 2.45) is 5.73 Å². The molecule has 0 amide bonds. The molecule has 0 unspecified atom stereocenters. The highest BCUT2D eigenvalue weighted by Crippen LogP contribution is 2.29. The van der Waals surface area contributed by atoms with Crippen molar-refractivity contribution in [2.75, 3.05) is 33.2 Å². The lowest BCUT2D eigenvalue weighted by Gasteiger charge is -2.34. The van der Waals surface area contributed by atoms with E-state index in [1.54, 1.807) is 6.08 Å². The number of hydrogen-bond acceptors (Lipinski definition) is 6. The Morgan fingerprint density at radius 1 is 1.11 bits per heavy atom. The lowest BCUT2D eigenvalue weighted by molar-refractivity contribution is 0.207. The monoisotopic (exact) mass is 529 g/mol. The van der Waals surface area contributed by atoms with E-state index in [-0.39, 0.29) is 0 Å². The van der Waals surface area contributed by atoms with Crippen LogP contribution in [0.15, 0.2) is 67.9 Å². The normalized spacial score (nSPS) is 13.7. The standard InChI is InChI=1S/C18H15ClN2.C12H21N5/c1-2-12-6-7-15-16(19)10-17(21-18(15)9-12)14-5-3-4-13(8-14)11-20;1-4-5-17-10-12(13-14-17)11(2)16-8-6-15(3)7-9-16/h2-10H,1,11,20H2;10H,2,4-9H2,1,3H3. The first-order chi connectivity index (χ1) is 18.4. The molecule has 1 aliphatic rings. The van der Waals surface area contributed by atoms with Gasteiger partial charge in [-0.2, -0.15) is 0 Å². The topological polar surface area (TPSA) is 76.1 Å². The van der Waals surface area contributed by atoms with Crippen molar-refractivity contribution in [3.05, 3.63) is 89.7 Å². The molecule has 1 fully saturated rings. The third-order valence-corrected chi connectivity index (χ3v) is 6.96. The molecule has 0 spiro atoms. The Labute approximate surface area is 230 Å². The molecule has 0 radical (unpaired) electrons. The number of aryl methyl sites for hydroxylation is 1. The number of fused-ring (bicyclic) bond motifs is 1. The predicted octanol–water partition coefficient (Wildman–Crippen LogP) is 5.56. The maximum absolute atomic E-state index is 6.39. The van der Waals surface area contributed by atoms with Crippen LogP contribution in [0.5, 0.6) is 0 Å². The quantitative estimate of drug-likeness (QED) is 0.337. The molecule has 0 saturated carbocycles. The summed E-state index contributed by atoms with van der Waals surface area (Å²) < 4.78 is 1.89. The smallest absolute Gasteiger partial charge is 0.128 e. The molecular weight excluding hydrogens is 494 g/mol. The zero-order valence-electron chi connectivity index (χ0n) is 22.3. The van der Waals surface area contributed by atoms with Gasteiger partial charge in [0.25, 0.3) is 0 Å². The minimum atomic E-state index is 0.510. The van der Waals surface area contributed by atoms with Gasteiger partial charge in [-0.3, -0.25) is 4.68 Å². The molecule has 4 aromatic rings. The van der Waals surface area contributed by atoms with Gasteiger partial charge in [0.2, 0.25) is 0 Å². The van der Waals surface area contributed by atoms with Crippen LogP contribution in [-0.4, -0.2) is 63.0 Å². The second kappa shape index (κ2) is 12.8. The highest BCUT2D eigenvalue weighted by molar-refractivity contribution is 6.35. The van der Waals surface area contributed by atoms with Gasteiger partial charge >= 0.3 is 0 Å². The molecule has 2 aromatic carbocycles. The lowest BCUT2D eigenvalue weighted by atomic mass is 10.1. The fourth-order valence-electron chi connectivity index (χ4n) is 4.34. The van der Waals surface area contributed by atoms with E-state index in [1.807, 2.05) is 59.4 Å². The molecule has 7 nitrogen and oxygen atoms in total. The Hall–Kier alpha value is -3.52. The molecular formula is C30H36ClN7. The van der Waals surface area contributed by atoms with Crippen LogP contribution in [0, 0.1) is 0 Å². The number of nitrogens with zero attached hydrogens (tertiary/aromatic N) is 6. The number of aromatic nitrogens is 4. The minimum Gasteiger partial charge on any atom is -0.368 e. The first-order valence-electron chi connectivity index (χ1n) is 13.0. The molecule has 2 N–H and O–H groups in total. The largest absolute Gasteiger partial charge is 0.368 e. The highest BCUT2D eigenvalue weighted by Gasteiger charge is 2.17. The Morgan fingerprint density at radius 2 is 1.89 bits per heavy atom. The molecule has 38 heavy (non-hydrogen) atoms. The summed E-state index contributed by atoms with van der Waals surface area (Å²) in [4.78, 5) is 9.34. The van der Waals surface area contributed by atoms with Crippen molar-refractivity contribution >= 4 is 34.3 Å². The van der Waals surface area contributed by atoms with Gasteiger partial charge in [0.1, 0.15) is 5.69 Å². The second-order valence-corrected chi connectivity index (χ2v) is 9.89. The Morgan fingerprint density at radius 3 is 2.61 bits per heavy atom. The van der Waals surface area contributed by atoms with E-state index >= 15 is 0 Å². The fraction of sp³-hybridized carbons (Fsp3) is 0.300. The van der Waals surface area contributed by atoms with E-state index < -0.39 is 0 Å². The van der Waals surface area contributed by atoms with Gasteiger partial charge in [0.05, 0.1) is 28.1 Å². The highest BCUT2D eigenvalue weighted by atomic mass is 35.5. The van der Waals surface area contributed by atoms with Crippen molar-refractivity contribution in [3.8, 4) is 11.3 Å². The van der Waals surface area contributed by atoms with Crippen molar-refractivity contribution in [1.29, 1.82) is 0 Å². The van der Waals surface area contributed by atoms with Gasteiger partial charge in [-0.15, -0.1) is 5.10 Å². The van der Waals surface area contributed by atoms with Crippen LogP contribution in [-0.2, 0) is 13.1 Å². The van der Waals surface area contributed by atoms with Crippen molar-refractivity contribution < 1.29 is 0 Å². The molecule has 0 aliphatic carbocycles. The van der Waals surface area contributed by atoms with Gasteiger partial charge in [-0.05, 0) is 42.8 Å². The number of piperazine rings is 1. The van der Waals surface area contributed by atoms with Crippen molar-refractivity contribution in [3.63, 3.8) is 0 Å². The van der Waals surface area contributed by atoms with E-state index in [0.29, 0.717) is 11.6 Å². The summed E-state index contributed by atoms with van der Waals surface area (Å²) in [5, 5.41) is 9.94. The third kappa shape index (κ3) is 6.67. The van der Waals surface area contributed by atoms with Crippen molar-refractivity contribution in [1.82, 2.24) is 29.8 Å². The summed E-state index contributed by atoms with van der Waals surface area (Å²) in [7, 11) is 2.15. The van der Waals surface area contributed by atoms with E-state index in [4.69, 9.17) is 22.3 Å². The van der Waals surface area contributed by atoms with Gasteiger partial charge in [0, 0.05) is 50.2 Å². The molecule has 3 heterocycles. The summed E-state index contributed by atoms with van der Waals surface area (Å²) in [5.74, 6) is 0. The maximum Gasteiger partial charge on any atom is 0.128 e. The number of likely N-dealkylation sites (N-methyl/N-ethyl adjacent to an activating group) is 1. The Balaban J connectivity index is 0.000000181. The van der Waals surface area contributed by atoms with Crippen LogP contribution < -0.4 is 5.73 Å². The van der Waals surface area contributed by atoms with Gasteiger partial charge in [-0.1, -0.05) is 73.3 Å². The molecule has 8 heteroatoms. The van der Waals surface area contributed by atoms with Crippen LogP contribution in [0.2, 0.25) is 5.02 Å². The molecule has 198 valence electrons. The zero-order chi connectivity index (χ0) is 27.1. The third-order valence-electron chi connectivity index (χ3n) is 6.65. The Kier molecular flexibility index (Phi) is 9.29. The number of pyridine rings is 1. The first-order valence-corrected chi connectivity index (χ1v) is 13.3. The number of nitrogens with two attached hydrogens (primary N) is 1. The van der Waals surface area contributed by atoms with E-state index in [9.17, 15) is 0 Å². The van der Waals surface area contributed by atoms with Crippen molar-refractivity contribution in [2.45, 2.75) is 26.4 Å². The predicted molar refractivity (Wildman–Crippen MR) is 159 cm³/mol. The maximum atomic E-state index is 6.39. The van der Waals surface area contributed by atoms with Crippen LogP contribution in [0.3, 0.4) is 0 Å². The number of halogens is 1. The van der Waals surface area contributed by atoms with Gasteiger partial charge in [0.15, 0.2) is 0 Å². The number of benzene rings is 2. The first kappa shape index (κ1) is 27.5. The average molecular weight is 530 g/mol. The van der Waals surface area contributed by atoms with Crippen LogP contribution >= 0.6 is 11.6 Å². The Bertz CT molecular complexity index is 1400. The molecule has 5 rings (SSSR count). The average Bonchev–Trinajstić information content (AvgIpc) is 3.42. The van der Waals surface area contributed by atoms with E-state index in [2.05, 4.69) is 47.2 Å². The lowest BCUT2D eigenvalue weighted by Crippen LogP contribution is -2.43. The summed E-state index contributed by atoms with van der Waals surface area (Å²) in [6, 6.07) is 15.9. The summed E-state index contributed by atoms with van der Waals surface area (Å²) in [5.41, 5.74) is 12.4. The van der Waals surface area contributed by atoms with Gasteiger partial charge < -0.3 is 15.5 Å². The van der Waals surface area contributed by atoms with Gasteiger partial charge in [-0.25, -0.2) is 4.98 Å². The van der Waals surface area contributed by atoms with E-state index in [0.717, 1.165) is 83.8 Å². The van der Waals surface area contributed by atoms with Crippen LogP contribution in [0.1, 0.15) is 30.2 Å². The minimum absolute atomic E-state index is 0.510. The fourth-order valence-corrected chi connectivity index (χ4v) is 4.61. The molecule has 2 aromatic heterocycles. The number of rotatable bonds is 7.